The maximum atomic E-state index is 10.8. The number of epoxide rings is 1. The first kappa shape index (κ1) is 13.2. The molecule has 0 bridgehead atoms. The summed E-state index contributed by atoms with van der Waals surface area (Å²) in [6.45, 7) is -0.314. The summed E-state index contributed by atoms with van der Waals surface area (Å²) in [6, 6.07) is 0. The molecule has 1 aliphatic heterocycles. The Morgan fingerprint density at radius 3 is 2.60 bits per heavy atom. The van der Waals surface area contributed by atoms with Crippen LogP contribution in [0.4, 0.5) is 0 Å². The van der Waals surface area contributed by atoms with Gasteiger partial charge in [0.1, 0.15) is 6.10 Å². The van der Waals surface area contributed by atoms with Crippen LogP contribution >= 0.6 is 11.6 Å². The van der Waals surface area contributed by atoms with Crippen molar-refractivity contribution in [1.82, 2.24) is 0 Å². The van der Waals surface area contributed by atoms with E-state index in [1.54, 1.807) is 0 Å². The van der Waals surface area contributed by atoms with E-state index in [1.807, 2.05) is 0 Å². The molecule has 0 amide bonds. The van der Waals surface area contributed by atoms with E-state index in [9.17, 15) is 8.42 Å². The number of rotatable bonds is 7. The second-order valence-corrected chi connectivity index (χ2v) is 5.46. The van der Waals surface area contributed by atoms with E-state index in [-0.39, 0.29) is 18.8 Å². The molecule has 0 aromatic rings. The molecule has 7 heteroatoms. The first-order chi connectivity index (χ1) is 6.96. The summed E-state index contributed by atoms with van der Waals surface area (Å²) in [7, 11) is -3.51. The van der Waals surface area contributed by atoms with Gasteiger partial charge in [-0.15, -0.1) is 11.6 Å². The number of aliphatic hydroxyl groups is 1. The lowest BCUT2D eigenvalue weighted by Gasteiger charge is -2.12. The maximum Gasteiger partial charge on any atom is 0.264 e. The van der Waals surface area contributed by atoms with Crippen LogP contribution in [0.1, 0.15) is 12.8 Å². The van der Waals surface area contributed by atoms with Gasteiger partial charge in [0.25, 0.3) is 10.1 Å². The van der Waals surface area contributed by atoms with Crippen molar-refractivity contribution in [2.45, 2.75) is 31.2 Å². The van der Waals surface area contributed by atoms with E-state index in [2.05, 4.69) is 4.18 Å². The standard InChI is InChI=1S/C8H15ClO5S/c1-15(11,12)14-6(5-10)2-3-7-8(4-9)13-7/h6-8,10H,2-5H2,1H3/t6?,7?,8-/m0/s1. The Labute approximate surface area is 94.4 Å². The summed E-state index contributed by atoms with van der Waals surface area (Å²) >= 11 is 5.55. The Bertz CT molecular complexity index is 291. The van der Waals surface area contributed by atoms with E-state index in [0.717, 1.165) is 6.26 Å². The SMILES string of the molecule is CS(=O)(=O)OC(CO)CCC1O[C@H]1CCl. The van der Waals surface area contributed by atoms with Crippen LogP contribution in [0.15, 0.2) is 0 Å². The second kappa shape index (κ2) is 5.45. The molecule has 0 saturated carbocycles. The Kier molecular flexibility index (Phi) is 4.79. The molecule has 90 valence electrons. The van der Waals surface area contributed by atoms with Gasteiger partial charge in [0.2, 0.25) is 0 Å². The minimum atomic E-state index is -3.51. The molecule has 3 atom stereocenters. The summed E-state index contributed by atoms with van der Waals surface area (Å²) in [5.41, 5.74) is 0. The van der Waals surface area contributed by atoms with Gasteiger partial charge in [0, 0.05) is 0 Å². The summed E-state index contributed by atoms with van der Waals surface area (Å²) in [5.74, 6) is 0.446. The van der Waals surface area contributed by atoms with Crippen molar-refractivity contribution in [1.29, 1.82) is 0 Å². The third kappa shape index (κ3) is 5.12. The summed E-state index contributed by atoms with van der Waals surface area (Å²) in [5, 5.41) is 8.89. The van der Waals surface area contributed by atoms with Gasteiger partial charge in [-0.25, -0.2) is 0 Å². The summed E-state index contributed by atoms with van der Waals surface area (Å²) < 4.78 is 31.4. The van der Waals surface area contributed by atoms with Crippen LogP contribution in [-0.4, -0.2) is 50.6 Å². The quantitative estimate of drug-likeness (QED) is 0.399. The molecule has 0 aromatic heterocycles. The van der Waals surface area contributed by atoms with Crippen molar-refractivity contribution in [2.24, 2.45) is 0 Å². The Morgan fingerprint density at radius 2 is 2.20 bits per heavy atom. The van der Waals surface area contributed by atoms with E-state index in [1.165, 1.54) is 0 Å². The fourth-order valence-electron chi connectivity index (χ4n) is 1.34. The molecule has 1 aliphatic rings. The van der Waals surface area contributed by atoms with Crippen LogP contribution < -0.4 is 0 Å². The monoisotopic (exact) mass is 258 g/mol. The van der Waals surface area contributed by atoms with Crippen LogP contribution in [0.3, 0.4) is 0 Å². The van der Waals surface area contributed by atoms with Crippen LogP contribution in [-0.2, 0) is 19.0 Å². The number of halogens is 1. The predicted molar refractivity (Wildman–Crippen MR) is 55.4 cm³/mol. The molecular formula is C8H15ClO5S. The van der Waals surface area contributed by atoms with Crippen molar-refractivity contribution >= 4 is 21.7 Å². The fraction of sp³-hybridized carbons (Fsp3) is 1.00. The highest BCUT2D eigenvalue weighted by atomic mass is 35.5. The minimum Gasteiger partial charge on any atom is -0.394 e. The highest BCUT2D eigenvalue weighted by Crippen LogP contribution is 2.28. The van der Waals surface area contributed by atoms with Gasteiger partial charge >= 0.3 is 0 Å². The lowest BCUT2D eigenvalue weighted by Crippen LogP contribution is -2.22. The highest BCUT2D eigenvalue weighted by molar-refractivity contribution is 7.86. The zero-order chi connectivity index (χ0) is 11.5. The van der Waals surface area contributed by atoms with E-state index in [4.69, 9.17) is 21.4 Å². The van der Waals surface area contributed by atoms with E-state index >= 15 is 0 Å². The Morgan fingerprint density at radius 1 is 1.53 bits per heavy atom. The van der Waals surface area contributed by atoms with Crippen LogP contribution in [0.5, 0.6) is 0 Å². The molecule has 1 heterocycles. The number of aliphatic hydroxyl groups excluding tert-OH is 1. The number of hydrogen-bond donors (Lipinski definition) is 1. The zero-order valence-electron chi connectivity index (χ0n) is 8.43. The van der Waals surface area contributed by atoms with E-state index in [0.29, 0.717) is 18.7 Å². The number of ether oxygens (including phenoxy) is 1. The summed E-state index contributed by atoms with van der Waals surface area (Å²) in [4.78, 5) is 0. The molecule has 0 aromatic carbocycles. The first-order valence-electron chi connectivity index (χ1n) is 4.67. The van der Waals surface area contributed by atoms with E-state index < -0.39 is 16.2 Å². The number of alkyl halides is 1. The van der Waals surface area contributed by atoms with Crippen molar-refractivity contribution in [3.05, 3.63) is 0 Å². The maximum absolute atomic E-state index is 10.8. The van der Waals surface area contributed by atoms with Gasteiger partial charge in [0.05, 0.1) is 31.0 Å². The van der Waals surface area contributed by atoms with Crippen molar-refractivity contribution < 1.29 is 22.4 Å². The van der Waals surface area contributed by atoms with Crippen LogP contribution in [0.25, 0.3) is 0 Å². The topological polar surface area (TPSA) is 76.1 Å². The molecule has 0 aliphatic carbocycles. The molecule has 2 unspecified atom stereocenters. The largest absolute Gasteiger partial charge is 0.394 e. The Hall–Kier alpha value is 0.120. The lowest BCUT2D eigenvalue weighted by molar-refractivity contribution is 0.111. The fourth-order valence-corrected chi connectivity index (χ4v) is 2.26. The lowest BCUT2D eigenvalue weighted by atomic mass is 10.1. The van der Waals surface area contributed by atoms with Crippen LogP contribution in [0, 0.1) is 0 Å². The molecule has 1 saturated heterocycles. The predicted octanol–water partition coefficient (Wildman–Crippen LogP) is 0.110. The van der Waals surface area contributed by atoms with Gasteiger partial charge in [-0.3, -0.25) is 4.18 Å². The van der Waals surface area contributed by atoms with Crippen LogP contribution in [0.2, 0.25) is 0 Å². The van der Waals surface area contributed by atoms with Gasteiger partial charge < -0.3 is 9.84 Å². The third-order valence-corrected chi connectivity index (χ3v) is 3.05. The molecule has 0 radical (unpaired) electrons. The highest BCUT2D eigenvalue weighted by Gasteiger charge is 2.37. The molecule has 0 spiro atoms. The molecule has 1 rings (SSSR count). The molecule has 1 N–H and O–H groups in total. The number of hydrogen-bond acceptors (Lipinski definition) is 5. The average Bonchev–Trinajstić information content (AvgIpc) is 2.89. The first-order valence-corrected chi connectivity index (χ1v) is 7.02. The third-order valence-electron chi connectivity index (χ3n) is 2.13. The Balaban J connectivity index is 2.23. The smallest absolute Gasteiger partial charge is 0.264 e. The molecule has 1 fully saturated rings. The van der Waals surface area contributed by atoms with Gasteiger partial charge in [-0.05, 0) is 12.8 Å². The molecule has 15 heavy (non-hydrogen) atoms. The van der Waals surface area contributed by atoms with Crippen molar-refractivity contribution in [3.63, 3.8) is 0 Å². The van der Waals surface area contributed by atoms with Gasteiger partial charge in [0.15, 0.2) is 0 Å². The average molecular weight is 259 g/mol. The second-order valence-electron chi connectivity index (χ2n) is 3.55. The zero-order valence-corrected chi connectivity index (χ0v) is 10.00. The van der Waals surface area contributed by atoms with Crippen molar-refractivity contribution in [2.75, 3.05) is 18.7 Å². The van der Waals surface area contributed by atoms with Gasteiger partial charge in [-0.2, -0.15) is 8.42 Å². The van der Waals surface area contributed by atoms with Crippen molar-refractivity contribution in [3.8, 4) is 0 Å². The minimum absolute atomic E-state index is 0.0734. The molecular weight excluding hydrogens is 244 g/mol. The van der Waals surface area contributed by atoms with Gasteiger partial charge in [-0.1, -0.05) is 0 Å². The summed E-state index contributed by atoms with van der Waals surface area (Å²) in [6.07, 6.45) is 1.54. The normalized spacial score (nSPS) is 27.7. The molecule has 5 nitrogen and oxygen atoms in total.